The Labute approximate surface area is 73.7 Å². The molecule has 12 heavy (non-hydrogen) atoms. The standard InChI is InChI=1S/C9H16N2O/c1-7-4-9(6-10,11-3)5-8(2)12-7/h7-8,11H,4-5H2,1-3H3. The SMILES string of the molecule is CNC1(C#N)CC(C)OC(C)C1. The molecule has 0 amide bonds. The number of ether oxygens (including phenoxy) is 1. The van der Waals surface area contributed by atoms with E-state index >= 15 is 0 Å². The zero-order valence-electron chi connectivity index (χ0n) is 7.92. The molecule has 1 aliphatic rings. The number of hydrogen-bond acceptors (Lipinski definition) is 3. The van der Waals surface area contributed by atoms with E-state index in [1.54, 1.807) is 0 Å². The van der Waals surface area contributed by atoms with Gasteiger partial charge in [-0.25, -0.2) is 0 Å². The molecule has 2 atom stereocenters. The molecule has 2 unspecified atom stereocenters. The molecule has 0 aliphatic carbocycles. The van der Waals surface area contributed by atoms with Crippen molar-refractivity contribution >= 4 is 0 Å². The van der Waals surface area contributed by atoms with Gasteiger partial charge in [-0.15, -0.1) is 0 Å². The Balaban J connectivity index is 2.71. The summed E-state index contributed by atoms with van der Waals surface area (Å²) in [6.07, 6.45) is 1.93. The summed E-state index contributed by atoms with van der Waals surface area (Å²) >= 11 is 0. The molecule has 3 nitrogen and oxygen atoms in total. The number of hydrogen-bond donors (Lipinski definition) is 1. The van der Waals surface area contributed by atoms with E-state index in [4.69, 9.17) is 10.00 Å². The van der Waals surface area contributed by atoms with Gasteiger partial charge in [-0.1, -0.05) is 0 Å². The average Bonchev–Trinajstić information content (AvgIpc) is 2.02. The van der Waals surface area contributed by atoms with Gasteiger partial charge in [0.15, 0.2) is 0 Å². The molecule has 1 N–H and O–H groups in total. The Morgan fingerprint density at radius 2 is 1.92 bits per heavy atom. The van der Waals surface area contributed by atoms with Gasteiger partial charge in [0.1, 0.15) is 5.54 Å². The quantitative estimate of drug-likeness (QED) is 0.636. The summed E-state index contributed by atoms with van der Waals surface area (Å²) in [5.41, 5.74) is -0.364. The Morgan fingerprint density at radius 1 is 1.42 bits per heavy atom. The monoisotopic (exact) mass is 168 g/mol. The van der Waals surface area contributed by atoms with Gasteiger partial charge in [-0.3, -0.25) is 0 Å². The van der Waals surface area contributed by atoms with Crippen molar-refractivity contribution in [1.29, 1.82) is 5.26 Å². The first kappa shape index (κ1) is 9.50. The van der Waals surface area contributed by atoms with Crippen LogP contribution in [0, 0.1) is 11.3 Å². The second kappa shape index (κ2) is 3.42. The minimum atomic E-state index is -0.364. The Morgan fingerprint density at radius 3 is 2.25 bits per heavy atom. The molecule has 0 bridgehead atoms. The Bertz CT molecular complexity index is 187. The molecular weight excluding hydrogens is 152 g/mol. The molecule has 0 radical (unpaired) electrons. The first-order valence-electron chi connectivity index (χ1n) is 4.37. The van der Waals surface area contributed by atoms with E-state index in [-0.39, 0.29) is 17.7 Å². The van der Waals surface area contributed by atoms with Crippen LogP contribution in [-0.4, -0.2) is 24.8 Å². The highest BCUT2D eigenvalue weighted by atomic mass is 16.5. The highest BCUT2D eigenvalue weighted by Crippen LogP contribution is 2.27. The highest BCUT2D eigenvalue weighted by molar-refractivity contribution is 5.09. The summed E-state index contributed by atoms with van der Waals surface area (Å²) in [4.78, 5) is 0. The lowest BCUT2D eigenvalue weighted by Crippen LogP contribution is -2.50. The van der Waals surface area contributed by atoms with Crippen LogP contribution in [-0.2, 0) is 4.74 Å². The molecule has 0 aromatic heterocycles. The molecule has 0 aromatic rings. The Kier molecular flexibility index (Phi) is 2.71. The maximum Gasteiger partial charge on any atom is 0.111 e. The molecule has 3 heteroatoms. The van der Waals surface area contributed by atoms with Crippen LogP contribution in [0.15, 0.2) is 0 Å². The van der Waals surface area contributed by atoms with Gasteiger partial charge in [-0.2, -0.15) is 5.26 Å². The Hall–Kier alpha value is -0.590. The molecule has 0 spiro atoms. The number of nitrogens with zero attached hydrogens (tertiary/aromatic N) is 1. The number of rotatable bonds is 1. The van der Waals surface area contributed by atoms with Crippen LogP contribution in [0.25, 0.3) is 0 Å². The molecule has 1 saturated heterocycles. The van der Waals surface area contributed by atoms with Crippen molar-refractivity contribution < 1.29 is 4.74 Å². The second-order valence-electron chi connectivity index (χ2n) is 3.61. The highest BCUT2D eigenvalue weighted by Gasteiger charge is 2.37. The third kappa shape index (κ3) is 1.77. The lowest BCUT2D eigenvalue weighted by Gasteiger charge is -2.37. The molecular formula is C9H16N2O. The molecule has 0 saturated carbocycles. The van der Waals surface area contributed by atoms with Gasteiger partial charge in [0.2, 0.25) is 0 Å². The molecule has 1 rings (SSSR count). The molecule has 1 fully saturated rings. The van der Waals surface area contributed by atoms with Crippen molar-refractivity contribution in [3.8, 4) is 6.07 Å². The fraction of sp³-hybridized carbons (Fsp3) is 0.889. The first-order chi connectivity index (χ1) is 5.62. The van der Waals surface area contributed by atoms with Crippen LogP contribution < -0.4 is 5.32 Å². The van der Waals surface area contributed by atoms with Crippen LogP contribution >= 0.6 is 0 Å². The minimum Gasteiger partial charge on any atom is -0.375 e. The van der Waals surface area contributed by atoms with E-state index in [1.165, 1.54) is 0 Å². The fourth-order valence-corrected chi connectivity index (χ4v) is 1.91. The predicted octanol–water partition coefficient (Wildman–Crippen LogP) is 1.06. The van der Waals surface area contributed by atoms with Gasteiger partial charge >= 0.3 is 0 Å². The largest absolute Gasteiger partial charge is 0.375 e. The summed E-state index contributed by atoms with van der Waals surface area (Å²) in [7, 11) is 1.84. The predicted molar refractivity (Wildman–Crippen MR) is 46.6 cm³/mol. The average molecular weight is 168 g/mol. The van der Waals surface area contributed by atoms with Gasteiger partial charge < -0.3 is 10.1 Å². The molecule has 68 valence electrons. The van der Waals surface area contributed by atoms with Gasteiger partial charge in [-0.05, 0) is 20.9 Å². The maximum absolute atomic E-state index is 9.01. The van der Waals surface area contributed by atoms with Crippen molar-refractivity contribution in [2.75, 3.05) is 7.05 Å². The van der Waals surface area contributed by atoms with Crippen molar-refractivity contribution in [2.24, 2.45) is 0 Å². The molecule has 1 heterocycles. The topological polar surface area (TPSA) is 45.0 Å². The smallest absolute Gasteiger partial charge is 0.111 e. The summed E-state index contributed by atoms with van der Waals surface area (Å²) in [5, 5.41) is 12.1. The van der Waals surface area contributed by atoms with Crippen molar-refractivity contribution in [1.82, 2.24) is 5.32 Å². The third-order valence-electron chi connectivity index (χ3n) is 2.43. The van der Waals surface area contributed by atoms with E-state index in [0.29, 0.717) is 0 Å². The van der Waals surface area contributed by atoms with Crippen molar-refractivity contribution in [3.63, 3.8) is 0 Å². The van der Waals surface area contributed by atoms with E-state index in [1.807, 2.05) is 20.9 Å². The summed E-state index contributed by atoms with van der Waals surface area (Å²) < 4.78 is 5.55. The van der Waals surface area contributed by atoms with Crippen molar-refractivity contribution in [3.05, 3.63) is 0 Å². The summed E-state index contributed by atoms with van der Waals surface area (Å²) in [5.74, 6) is 0. The van der Waals surface area contributed by atoms with Crippen LogP contribution in [0.1, 0.15) is 26.7 Å². The van der Waals surface area contributed by atoms with Crippen molar-refractivity contribution in [2.45, 2.75) is 44.4 Å². The van der Waals surface area contributed by atoms with E-state index in [0.717, 1.165) is 12.8 Å². The zero-order valence-corrected chi connectivity index (χ0v) is 7.92. The number of nitrogens with one attached hydrogen (secondary N) is 1. The molecule has 0 aromatic carbocycles. The lowest BCUT2D eigenvalue weighted by atomic mass is 9.86. The van der Waals surface area contributed by atoms with E-state index in [9.17, 15) is 0 Å². The van der Waals surface area contributed by atoms with Crippen LogP contribution in [0.2, 0.25) is 0 Å². The normalized spacial score (nSPS) is 42.2. The zero-order chi connectivity index (χ0) is 9.19. The first-order valence-corrected chi connectivity index (χ1v) is 4.37. The van der Waals surface area contributed by atoms with E-state index in [2.05, 4.69) is 11.4 Å². The second-order valence-corrected chi connectivity index (χ2v) is 3.61. The number of nitriles is 1. The van der Waals surface area contributed by atoms with Gasteiger partial charge in [0, 0.05) is 12.8 Å². The summed E-state index contributed by atoms with van der Waals surface area (Å²) in [6, 6.07) is 2.34. The summed E-state index contributed by atoms with van der Waals surface area (Å²) in [6.45, 7) is 4.03. The van der Waals surface area contributed by atoms with Crippen LogP contribution in [0.5, 0.6) is 0 Å². The third-order valence-corrected chi connectivity index (χ3v) is 2.43. The minimum absolute atomic E-state index is 0.181. The van der Waals surface area contributed by atoms with Gasteiger partial charge in [0.05, 0.1) is 18.3 Å². The lowest BCUT2D eigenvalue weighted by molar-refractivity contribution is -0.0549. The maximum atomic E-state index is 9.01. The van der Waals surface area contributed by atoms with Gasteiger partial charge in [0.25, 0.3) is 0 Å². The van der Waals surface area contributed by atoms with Crippen LogP contribution in [0.3, 0.4) is 0 Å². The fourth-order valence-electron chi connectivity index (χ4n) is 1.91. The molecule has 1 aliphatic heterocycles. The van der Waals surface area contributed by atoms with Crippen LogP contribution in [0.4, 0.5) is 0 Å². The van der Waals surface area contributed by atoms with E-state index < -0.39 is 0 Å².